The molecule has 7 nitrogen and oxygen atoms in total. The number of carboxylic acid groups (broad SMARTS) is 1. The molecule has 0 aliphatic carbocycles. The van der Waals surface area contributed by atoms with Crippen LogP contribution in [-0.2, 0) is 9.31 Å². The lowest BCUT2D eigenvalue weighted by Crippen LogP contribution is -2.41. The molecule has 2 aliphatic rings. The monoisotopic (exact) mass is 509 g/mol. The van der Waals surface area contributed by atoms with Gasteiger partial charge in [-0.25, -0.2) is 9.78 Å². The maximum atomic E-state index is 11.6. The van der Waals surface area contributed by atoms with Crippen LogP contribution >= 0.6 is 0 Å². The summed E-state index contributed by atoms with van der Waals surface area (Å²) in [4.78, 5) is 21.1. The second kappa shape index (κ2) is 9.00. The molecule has 0 bridgehead atoms. The van der Waals surface area contributed by atoms with E-state index in [1.807, 2.05) is 6.07 Å². The number of H-pyrrole nitrogens is 1. The van der Waals surface area contributed by atoms with Crippen LogP contribution in [-0.4, -0.2) is 50.9 Å². The number of fused-ring (bicyclic) bond motifs is 1. The molecular weight excluding hydrogens is 477 g/mol. The Bertz CT molecular complexity index is 1480. The van der Waals surface area contributed by atoms with E-state index in [-0.39, 0.29) is 24.4 Å². The second-order valence-corrected chi connectivity index (χ2v) is 11.3. The van der Waals surface area contributed by atoms with Gasteiger partial charge in [-0.2, -0.15) is 0 Å². The molecule has 1 aromatic heterocycles. The fourth-order valence-corrected chi connectivity index (χ4v) is 5.31. The van der Waals surface area contributed by atoms with Crippen molar-refractivity contribution in [3.8, 4) is 22.3 Å². The summed E-state index contributed by atoms with van der Waals surface area (Å²) >= 11 is 0. The lowest BCUT2D eigenvalue weighted by Gasteiger charge is -2.32. The molecule has 0 spiro atoms. The molecule has 1 unspecified atom stereocenters. The van der Waals surface area contributed by atoms with Crippen molar-refractivity contribution in [2.75, 3.05) is 6.54 Å². The van der Waals surface area contributed by atoms with Crippen molar-refractivity contribution in [1.29, 1.82) is 0 Å². The summed E-state index contributed by atoms with van der Waals surface area (Å²) in [6.45, 7) is 8.81. The molecule has 0 saturated carbocycles. The Morgan fingerprint density at radius 3 is 2.08 bits per heavy atom. The van der Waals surface area contributed by atoms with E-state index in [4.69, 9.17) is 9.31 Å². The fraction of sp³-hybridized carbons (Fsp3) is 0.333. The highest BCUT2D eigenvalue weighted by atomic mass is 16.7. The van der Waals surface area contributed by atoms with Gasteiger partial charge in [-0.05, 0) is 80.4 Å². The maximum Gasteiger partial charge on any atom is 0.494 e. The Balaban J connectivity index is 1.20. The van der Waals surface area contributed by atoms with E-state index < -0.39 is 6.09 Å². The lowest BCUT2D eigenvalue weighted by molar-refractivity contribution is 0.00578. The van der Waals surface area contributed by atoms with Crippen LogP contribution in [0.1, 0.15) is 52.4 Å². The van der Waals surface area contributed by atoms with E-state index >= 15 is 0 Å². The normalized spacial score (nSPS) is 20.4. The van der Waals surface area contributed by atoms with Gasteiger partial charge in [-0.3, -0.25) is 4.90 Å². The van der Waals surface area contributed by atoms with Gasteiger partial charge in [-0.1, -0.05) is 54.6 Å². The molecule has 2 aliphatic heterocycles. The summed E-state index contributed by atoms with van der Waals surface area (Å²) in [5.74, 6) is 0.719. The van der Waals surface area contributed by atoms with Gasteiger partial charge < -0.3 is 19.4 Å². The van der Waals surface area contributed by atoms with Crippen molar-refractivity contribution < 1.29 is 19.2 Å². The van der Waals surface area contributed by atoms with E-state index in [9.17, 15) is 9.90 Å². The molecule has 8 heteroatoms. The smallest absolute Gasteiger partial charge is 0.465 e. The van der Waals surface area contributed by atoms with Crippen LogP contribution in [0.5, 0.6) is 0 Å². The van der Waals surface area contributed by atoms with E-state index in [2.05, 4.69) is 98.3 Å². The third-order valence-corrected chi connectivity index (χ3v) is 8.30. The van der Waals surface area contributed by atoms with Crippen LogP contribution in [0.2, 0.25) is 0 Å². The summed E-state index contributed by atoms with van der Waals surface area (Å²) in [6.07, 6.45) is 0.752. The first kappa shape index (κ1) is 24.7. The average molecular weight is 509 g/mol. The van der Waals surface area contributed by atoms with Crippen LogP contribution in [0.3, 0.4) is 0 Å². The zero-order chi connectivity index (χ0) is 26.7. The van der Waals surface area contributed by atoms with Crippen molar-refractivity contribution in [3.63, 3.8) is 0 Å². The highest BCUT2D eigenvalue weighted by molar-refractivity contribution is 6.62. The quantitative estimate of drug-likeness (QED) is 0.329. The molecule has 0 radical (unpaired) electrons. The Morgan fingerprint density at radius 2 is 1.47 bits per heavy atom. The van der Waals surface area contributed by atoms with Crippen LogP contribution in [0.15, 0.2) is 66.7 Å². The number of imidazole rings is 1. The number of hydrogen-bond donors (Lipinski definition) is 2. The van der Waals surface area contributed by atoms with Gasteiger partial charge >= 0.3 is 13.2 Å². The topological polar surface area (TPSA) is 87.7 Å². The second-order valence-electron chi connectivity index (χ2n) is 11.3. The minimum atomic E-state index is -0.892. The van der Waals surface area contributed by atoms with Crippen LogP contribution in [0.25, 0.3) is 33.3 Å². The number of benzene rings is 3. The Kier molecular flexibility index (Phi) is 5.85. The number of rotatable bonds is 4. The predicted molar refractivity (Wildman–Crippen MR) is 149 cm³/mol. The first-order valence-electron chi connectivity index (χ1n) is 13.2. The van der Waals surface area contributed by atoms with Gasteiger partial charge in [0.1, 0.15) is 5.82 Å². The Hall–Kier alpha value is -3.62. The number of aromatic amines is 1. The standard InChI is InChI=1S/C30H32BN3O4/c1-29(2)30(3,4)38-31(37-29)23-14-11-20(12-15-23)19-7-9-21(10-8-19)22-13-16-24-25(18-22)33-27(32-24)26-6-5-17-34(26)28(35)36/h7-16,18,26H,5-6,17H2,1-4H3,(H,32,33)(H,35,36). The summed E-state index contributed by atoms with van der Waals surface area (Å²) in [7, 11) is -0.366. The number of nitrogens with zero attached hydrogens (tertiary/aromatic N) is 2. The molecule has 6 rings (SSSR count). The minimum absolute atomic E-state index is 0.209. The molecule has 1 amide bonds. The summed E-state index contributed by atoms with van der Waals surface area (Å²) in [5.41, 5.74) is 6.51. The number of nitrogens with one attached hydrogen (secondary N) is 1. The third-order valence-electron chi connectivity index (χ3n) is 8.30. The number of likely N-dealkylation sites (tertiary alicyclic amines) is 1. The fourth-order valence-electron chi connectivity index (χ4n) is 5.31. The summed E-state index contributed by atoms with van der Waals surface area (Å²) in [5, 5.41) is 9.49. The van der Waals surface area contributed by atoms with E-state index in [0.717, 1.165) is 57.4 Å². The Morgan fingerprint density at radius 1 is 0.921 bits per heavy atom. The molecule has 2 N–H and O–H groups in total. The van der Waals surface area contributed by atoms with Gasteiger partial charge in [-0.15, -0.1) is 0 Å². The van der Waals surface area contributed by atoms with Gasteiger partial charge in [0.2, 0.25) is 0 Å². The minimum Gasteiger partial charge on any atom is -0.465 e. The van der Waals surface area contributed by atoms with Crippen LogP contribution in [0, 0.1) is 0 Å². The molecule has 2 fully saturated rings. The lowest BCUT2D eigenvalue weighted by atomic mass is 9.78. The average Bonchev–Trinajstić information content (AvgIpc) is 3.59. The van der Waals surface area contributed by atoms with Crippen molar-refractivity contribution in [3.05, 3.63) is 72.6 Å². The summed E-state index contributed by atoms with van der Waals surface area (Å²) < 4.78 is 12.4. The molecule has 4 aromatic rings. The zero-order valence-corrected chi connectivity index (χ0v) is 22.2. The molecule has 194 valence electrons. The van der Waals surface area contributed by atoms with Crippen LogP contribution in [0.4, 0.5) is 4.79 Å². The van der Waals surface area contributed by atoms with Crippen molar-refractivity contribution in [2.24, 2.45) is 0 Å². The maximum absolute atomic E-state index is 11.6. The molecular formula is C30H32BN3O4. The highest BCUT2D eigenvalue weighted by Gasteiger charge is 2.51. The number of amides is 1. The molecule has 3 heterocycles. The van der Waals surface area contributed by atoms with Gasteiger partial charge in [0.25, 0.3) is 0 Å². The summed E-state index contributed by atoms with van der Waals surface area (Å²) in [6, 6.07) is 22.8. The largest absolute Gasteiger partial charge is 0.494 e. The van der Waals surface area contributed by atoms with Gasteiger partial charge in [0.05, 0.1) is 28.3 Å². The van der Waals surface area contributed by atoms with E-state index in [0.29, 0.717) is 6.54 Å². The van der Waals surface area contributed by atoms with Crippen molar-refractivity contribution in [2.45, 2.75) is 57.8 Å². The number of aromatic nitrogens is 2. The molecule has 1 atom stereocenters. The van der Waals surface area contributed by atoms with Crippen molar-refractivity contribution in [1.82, 2.24) is 14.9 Å². The first-order chi connectivity index (χ1) is 18.1. The first-order valence-corrected chi connectivity index (χ1v) is 13.2. The SMILES string of the molecule is CC1(C)OB(c2ccc(-c3ccc(-c4ccc5nc(C6CCCN6C(=O)O)[nH]c5c4)cc3)cc2)OC1(C)C. The zero-order valence-electron chi connectivity index (χ0n) is 22.2. The van der Waals surface area contributed by atoms with Gasteiger partial charge in [0, 0.05) is 6.54 Å². The Labute approximate surface area is 222 Å². The number of hydrogen-bond acceptors (Lipinski definition) is 4. The van der Waals surface area contributed by atoms with E-state index in [1.54, 1.807) is 0 Å². The van der Waals surface area contributed by atoms with E-state index in [1.165, 1.54) is 4.90 Å². The number of carbonyl (C=O) groups is 1. The predicted octanol–water partition coefficient (Wildman–Crippen LogP) is 6.01. The van der Waals surface area contributed by atoms with Gasteiger partial charge in [0.15, 0.2) is 0 Å². The third kappa shape index (κ3) is 4.27. The van der Waals surface area contributed by atoms with Crippen LogP contribution < -0.4 is 5.46 Å². The molecule has 38 heavy (non-hydrogen) atoms. The molecule has 3 aromatic carbocycles. The van der Waals surface area contributed by atoms with Crippen molar-refractivity contribution >= 4 is 29.7 Å². The highest BCUT2D eigenvalue weighted by Crippen LogP contribution is 2.37. The molecule has 2 saturated heterocycles.